The number of benzene rings is 2. The molecule has 2 aromatic carbocycles. The summed E-state index contributed by atoms with van der Waals surface area (Å²) in [5.74, 6) is -4.12. The van der Waals surface area contributed by atoms with Crippen LogP contribution in [-0.2, 0) is 0 Å². The van der Waals surface area contributed by atoms with Crippen LogP contribution in [-0.4, -0.2) is 32.4 Å². The second-order valence-electron chi connectivity index (χ2n) is 4.04. The summed E-state index contributed by atoms with van der Waals surface area (Å²) < 4.78 is 0. The fourth-order valence-electron chi connectivity index (χ4n) is 1.41. The van der Waals surface area contributed by atoms with Crippen molar-refractivity contribution >= 4 is 11.9 Å². The number of phenols is 2. The molecule has 2 rings (SSSR count). The van der Waals surface area contributed by atoms with Gasteiger partial charge < -0.3 is 30.6 Å². The molecule has 0 aliphatic carbocycles. The Morgan fingerprint density at radius 2 is 0.958 bits per heavy atom. The van der Waals surface area contributed by atoms with Crippen LogP contribution in [0.2, 0.25) is 0 Å². The van der Waals surface area contributed by atoms with E-state index in [1.807, 2.05) is 0 Å². The van der Waals surface area contributed by atoms with Crippen LogP contribution in [0.25, 0.3) is 0 Å². The molecule has 2 aromatic rings. The van der Waals surface area contributed by atoms with Gasteiger partial charge in [-0.3, -0.25) is 0 Å². The van der Waals surface area contributed by atoms with Crippen molar-refractivity contribution in [1.82, 2.24) is 0 Å². The maximum atomic E-state index is 10.6. The molecular formula is C14H10Na2O8. The summed E-state index contributed by atoms with van der Waals surface area (Å²) in [5, 5.41) is 55.5. The van der Waals surface area contributed by atoms with E-state index < -0.39 is 23.4 Å². The third-order valence-corrected chi connectivity index (χ3v) is 2.28. The Morgan fingerprint density at radius 3 is 1.17 bits per heavy atom. The van der Waals surface area contributed by atoms with Gasteiger partial charge in [-0.2, -0.15) is 0 Å². The third kappa shape index (κ3) is 8.44. The van der Waals surface area contributed by atoms with Gasteiger partial charge in [-0.05, 0) is 24.3 Å². The van der Waals surface area contributed by atoms with Gasteiger partial charge in [0.05, 0.1) is 11.1 Å². The van der Waals surface area contributed by atoms with Crippen molar-refractivity contribution in [1.29, 1.82) is 0 Å². The maximum Gasteiger partial charge on any atom is 1.00 e. The number of carbonyl (C=O) groups is 2. The van der Waals surface area contributed by atoms with Gasteiger partial charge in [-0.25, -0.2) is 9.59 Å². The number of hydrogen-bond acceptors (Lipinski definition) is 6. The SMILES string of the molecule is O=C(O)c1cc([O-])cc(O)c1.O=C(O)c1cc([O-])cc(O)c1.[Na+].[Na+]. The molecule has 116 valence electrons. The Hall–Kier alpha value is -1.42. The summed E-state index contributed by atoms with van der Waals surface area (Å²) in [7, 11) is 0. The Bertz CT molecular complexity index is 616. The molecule has 0 bridgehead atoms. The maximum absolute atomic E-state index is 10.6. The van der Waals surface area contributed by atoms with Crippen molar-refractivity contribution < 1.29 is 99.3 Å². The fourth-order valence-corrected chi connectivity index (χ4v) is 1.41. The molecule has 4 N–H and O–H groups in total. The smallest absolute Gasteiger partial charge is 0.872 e. The number of phenolic OH excluding ortho intramolecular Hbond substituents is 2. The minimum absolute atomic E-state index is 0. The molecule has 0 fully saturated rings. The summed E-state index contributed by atoms with van der Waals surface area (Å²) in [6.07, 6.45) is 0. The molecule has 0 amide bonds. The predicted molar refractivity (Wildman–Crippen MR) is 69.0 cm³/mol. The van der Waals surface area contributed by atoms with Gasteiger partial charge in [0.25, 0.3) is 0 Å². The van der Waals surface area contributed by atoms with E-state index in [2.05, 4.69) is 0 Å². The zero-order valence-electron chi connectivity index (χ0n) is 12.9. The zero-order valence-corrected chi connectivity index (χ0v) is 16.9. The molecule has 0 aliphatic rings. The molecule has 0 unspecified atom stereocenters. The van der Waals surface area contributed by atoms with Gasteiger partial charge in [-0.15, -0.1) is 11.5 Å². The topological polar surface area (TPSA) is 161 Å². The Labute approximate surface area is 180 Å². The van der Waals surface area contributed by atoms with Crippen LogP contribution < -0.4 is 69.3 Å². The Kier molecular flexibility index (Phi) is 11.6. The van der Waals surface area contributed by atoms with E-state index in [1.165, 1.54) is 0 Å². The Morgan fingerprint density at radius 1 is 0.667 bits per heavy atom. The van der Waals surface area contributed by atoms with Gasteiger partial charge in [0.2, 0.25) is 0 Å². The summed E-state index contributed by atoms with van der Waals surface area (Å²) >= 11 is 0. The molecule has 0 spiro atoms. The first-order valence-electron chi connectivity index (χ1n) is 5.68. The van der Waals surface area contributed by atoms with Crippen LogP contribution in [0, 0.1) is 0 Å². The van der Waals surface area contributed by atoms with E-state index in [4.69, 9.17) is 20.4 Å². The van der Waals surface area contributed by atoms with Gasteiger partial charge in [-0.1, -0.05) is 12.1 Å². The zero-order chi connectivity index (χ0) is 16.9. The third-order valence-electron chi connectivity index (χ3n) is 2.28. The molecule has 24 heavy (non-hydrogen) atoms. The van der Waals surface area contributed by atoms with Crippen LogP contribution in [0.15, 0.2) is 36.4 Å². The van der Waals surface area contributed by atoms with Crippen molar-refractivity contribution in [3.63, 3.8) is 0 Å². The van der Waals surface area contributed by atoms with Gasteiger partial charge >= 0.3 is 71.1 Å². The second-order valence-corrected chi connectivity index (χ2v) is 4.04. The second kappa shape index (κ2) is 11.2. The number of carboxylic acids is 2. The minimum atomic E-state index is -1.22. The minimum Gasteiger partial charge on any atom is -0.872 e. The largest absolute Gasteiger partial charge is 1.00 e. The van der Waals surface area contributed by atoms with Crippen LogP contribution in [0.1, 0.15) is 20.7 Å². The van der Waals surface area contributed by atoms with Gasteiger partial charge in [0, 0.05) is 0 Å². The Balaban J connectivity index is 0. The predicted octanol–water partition coefficient (Wildman–Crippen LogP) is -5.66. The molecule has 0 saturated carbocycles. The molecule has 0 aromatic heterocycles. The van der Waals surface area contributed by atoms with E-state index in [0.717, 1.165) is 36.4 Å². The van der Waals surface area contributed by atoms with Gasteiger partial charge in [0.1, 0.15) is 11.5 Å². The number of aromatic carboxylic acids is 2. The van der Waals surface area contributed by atoms with Crippen molar-refractivity contribution in [2.75, 3.05) is 0 Å². The standard InChI is InChI=1S/2C7H6O4.2Na/c2*8-5-1-4(7(10)11)2-6(9)3-5;;/h2*1-3,8-9H,(H,10,11);;/q;;2*+1/p-2. The van der Waals surface area contributed by atoms with Crippen LogP contribution >= 0.6 is 0 Å². The molecule has 0 radical (unpaired) electrons. The van der Waals surface area contributed by atoms with E-state index in [9.17, 15) is 19.8 Å². The molecule has 8 nitrogen and oxygen atoms in total. The first-order valence-corrected chi connectivity index (χ1v) is 5.68. The van der Waals surface area contributed by atoms with Crippen molar-refractivity contribution in [2.45, 2.75) is 0 Å². The van der Waals surface area contributed by atoms with Crippen molar-refractivity contribution in [3.05, 3.63) is 47.5 Å². The van der Waals surface area contributed by atoms with E-state index in [0.29, 0.717) is 0 Å². The number of carboxylic acid groups (broad SMARTS) is 2. The first-order chi connectivity index (χ1) is 10.2. The van der Waals surface area contributed by atoms with Crippen LogP contribution in [0.5, 0.6) is 23.0 Å². The van der Waals surface area contributed by atoms with Crippen LogP contribution in [0.4, 0.5) is 0 Å². The van der Waals surface area contributed by atoms with Crippen molar-refractivity contribution in [2.24, 2.45) is 0 Å². The summed E-state index contributed by atoms with van der Waals surface area (Å²) in [4.78, 5) is 20.5. The van der Waals surface area contributed by atoms with Crippen molar-refractivity contribution in [3.8, 4) is 23.0 Å². The van der Waals surface area contributed by atoms with E-state index >= 15 is 0 Å². The van der Waals surface area contributed by atoms with Crippen LogP contribution in [0.3, 0.4) is 0 Å². The molecule has 0 saturated heterocycles. The normalized spacial score (nSPS) is 8.67. The summed E-state index contributed by atoms with van der Waals surface area (Å²) in [6, 6.07) is 5.83. The molecule has 0 aliphatic heterocycles. The van der Waals surface area contributed by atoms with Gasteiger partial charge in [0.15, 0.2) is 0 Å². The number of aromatic hydroxyl groups is 2. The molecular weight excluding hydrogens is 342 g/mol. The van der Waals surface area contributed by atoms with E-state index in [1.54, 1.807) is 0 Å². The molecule has 0 heterocycles. The quantitative estimate of drug-likeness (QED) is 0.389. The fraction of sp³-hybridized carbons (Fsp3) is 0. The first kappa shape index (κ1) is 24.8. The molecule has 10 heteroatoms. The van der Waals surface area contributed by atoms with E-state index in [-0.39, 0.29) is 81.7 Å². The summed E-state index contributed by atoms with van der Waals surface area (Å²) in [5.41, 5.74) is -0.398. The number of rotatable bonds is 2. The average molecular weight is 352 g/mol. The monoisotopic (exact) mass is 352 g/mol. The molecule has 0 atom stereocenters. The number of hydrogen-bond donors (Lipinski definition) is 4. The summed E-state index contributed by atoms with van der Waals surface area (Å²) in [6.45, 7) is 0. The average Bonchev–Trinajstić information content (AvgIpc) is 2.37.